The monoisotopic (exact) mass is 282 g/mol. The molecule has 114 valence electrons. The number of carboxylic acid groups (broad SMARTS) is 1. The normalized spacial score (nSPS) is 23.2. The predicted octanol–water partition coefficient (Wildman–Crippen LogP) is 2.61. The van der Waals surface area contributed by atoms with Crippen molar-refractivity contribution in [2.45, 2.75) is 63.8 Å². The summed E-state index contributed by atoms with van der Waals surface area (Å²) >= 11 is 0. The topological polar surface area (TPSA) is 69.6 Å². The second kappa shape index (κ2) is 7.50. The summed E-state index contributed by atoms with van der Waals surface area (Å²) in [4.78, 5) is 24.7. The van der Waals surface area contributed by atoms with Crippen molar-refractivity contribution in [3.8, 4) is 0 Å². The summed E-state index contributed by atoms with van der Waals surface area (Å²) in [7, 11) is 0. The molecule has 2 amide bonds. The van der Waals surface area contributed by atoms with Crippen molar-refractivity contribution in [2.24, 2.45) is 5.92 Å². The van der Waals surface area contributed by atoms with E-state index in [0.29, 0.717) is 6.42 Å². The number of nitrogens with one attached hydrogen (secondary N) is 1. The third-order valence-corrected chi connectivity index (χ3v) is 4.63. The zero-order valence-corrected chi connectivity index (χ0v) is 12.1. The highest BCUT2D eigenvalue weighted by Crippen LogP contribution is 2.28. The van der Waals surface area contributed by atoms with E-state index in [9.17, 15) is 9.59 Å². The Balaban J connectivity index is 1.73. The second-order valence-electron chi connectivity index (χ2n) is 6.09. The Hall–Kier alpha value is -1.26. The van der Waals surface area contributed by atoms with Gasteiger partial charge in [0.05, 0.1) is 0 Å². The molecule has 5 heteroatoms. The molecule has 1 heterocycles. The molecule has 1 aliphatic carbocycles. The van der Waals surface area contributed by atoms with Gasteiger partial charge in [0.1, 0.15) is 0 Å². The Bertz CT molecular complexity index is 342. The predicted molar refractivity (Wildman–Crippen MR) is 76.6 cm³/mol. The molecule has 2 fully saturated rings. The van der Waals surface area contributed by atoms with E-state index in [-0.39, 0.29) is 18.5 Å². The summed E-state index contributed by atoms with van der Waals surface area (Å²) in [5, 5.41) is 11.8. The van der Waals surface area contributed by atoms with Crippen LogP contribution in [-0.4, -0.2) is 41.1 Å². The average molecular weight is 282 g/mol. The van der Waals surface area contributed by atoms with Gasteiger partial charge in [0.15, 0.2) is 0 Å². The van der Waals surface area contributed by atoms with Gasteiger partial charge in [-0.25, -0.2) is 4.79 Å². The van der Waals surface area contributed by atoms with Crippen LogP contribution in [0.2, 0.25) is 0 Å². The standard InChI is InChI=1S/C15H26N2O3/c18-14(19)8-7-13-6-1-2-11-17(13)15(20)16-10-9-12-4-3-5-12/h12-13H,1-11H2,(H,16,20)(H,18,19). The molecule has 2 aliphatic rings. The summed E-state index contributed by atoms with van der Waals surface area (Å²) < 4.78 is 0. The number of aliphatic carboxylic acids is 1. The number of urea groups is 1. The SMILES string of the molecule is O=C(O)CCC1CCCCN1C(=O)NCCC1CCC1. The van der Waals surface area contributed by atoms with Gasteiger partial charge >= 0.3 is 12.0 Å². The van der Waals surface area contributed by atoms with Crippen molar-refractivity contribution in [3.05, 3.63) is 0 Å². The van der Waals surface area contributed by atoms with E-state index in [1.807, 2.05) is 4.90 Å². The van der Waals surface area contributed by atoms with Crippen LogP contribution < -0.4 is 5.32 Å². The third kappa shape index (κ3) is 4.39. The summed E-state index contributed by atoms with van der Waals surface area (Å²) in [6.45, 7) is 1.52. The van der Waals surface area contributed by atoms with Crippen LogP contribution in [-0.2, 0) is 4.79 Å². The van der Waals surface area contributed by atoms with E-state index in [1.165, 1.54) is 19.3 Å². The fourth-order valence-electron chi connectivity index (χ4n) is 3.12. The first-order chi connectivity index (χ1) is 9.66. The highest BCUT2D eigenvalue weighted by molar-refractivity contribution is 5.74. The Morgan fingerprint density at radius 2 is 1.90 bits per heavy atom. The van der Waals surface area contributed by atoms with Gasteiger partial charge in [-0.2, -0.15) is 0 Å². The number of carbonyl (C=O) groups is 2. The van der Waals surface area contributed by atoms with E-state index in [1.54, 1.807) is 0 Å². The molecule has 0 spiro atoms. The number of piperidine rings is 1. The maximum absolute atomic E-state index is 12.2. The largest absolute Gasteiger partial charge is 0.481 e. The molecule has 1 atom stereocenters. The molecule has 2 rings (SSSR count). The lowest BCUT2D eigenvalue weighted by Gasteiger charge is -2.36. The minimum absolute atomic E-state index is 0.000544. The van der Waals surface area contributed by atoms with E-state index in [2.05, 4.69) is 5.32 Å². The van der Waals surface area contributed by atoms with Crippen molar-refractivity contribution in [3.63, 3.8) is 0 Å². The summed E-state index contributed by atoms with van der Waals surface area (Å²) in [5.74, 6) is 0.0281. The molecule has 1 saturated carbocycles. The first-order valence-electron chi connectivity index (χ1n) is 7.93. The Morgan fingerprint density at radius 1 is 1.10 bits per heavy atom. The molecule has 0 bridgehead atoms. The van der Waals surface area contributed by atoms with Crippen LogP contribution in [0.1, 0.15) is 57.8 Å². The van der Waals surface area contributed by atoms with Crippen LogP contribution in [0.15, 0.2) is 0 Å². The Morgan fingerprint density at radius 3 is 2.55 bits per heavy atom. The van der Waals surface area contributed by atoms with E-state index >= 15 is 0 Å². The number of carboxylic acids is 1. The molecule has 0 radical (unpaired) electrons. The molecule has 2 N–H and O–H groups in total. The molecule has 1 saturated heterocycles. The number of hydrogen-bond acceptors (Lipinski definition) is 2. The van der Waals surface area contributed by atoms with Crippen molar-refractivity contribution in [1.29, 1.82) is 0 Å². The quantitative estimate of drug-likeness (QED) is 0.786. The lowest BCUT2D eigenvalue weighted by atomic mass is 9.83. The smallest absolute Gasteiger partial charge is 0.317 e. The van der Waals surface area contributed by atoms with Gasteiger partial charge in [-0.15, -0.1) is 0 Å². The van der Waals surface area contributed by atoms with E-state index in [4.69, 9.17) is 5.11 Å². The number of likely N-dealkylation sites (tertiary alicyclic amines) is 1. The average Bonchev–Trinajstić information content (AvgIpc) is 2.39. The van der Waals surface area contributed by atoms with E-state index < -0.39 is 5.97 Å². The Labute approximate surface area is 120 Å². The number of rotatable bonds is 6. The fourth-order valence-corrected chi connectivity index (χ4v) is 3.12. The minimum atomic E-state index is -0.777. The van der Waals surface area contributed by atoms with Crippen molar-refractivity contribution in [1.82, 2.24) is 10.2 Å². The molecule has 20 heavy (non-hydrogen) atoms. The highest BCUT2D eigenvalue weighted by atomic mass is 16.4. The lowest BCUT2D eigenvalue weighted by molar-refractivity contribution is -0.137. The van der Waals surface area contributed by atoms with Crippen LogP contribution >= 0.6 is 0 Å². The summed E-state index contributed by atoms with van der Waals surface area (Å²) in [5.41, 5.74) is 0. The molecule has 0 aromatic rings. The molecule has 5 nitrogen and oxygen atoms in total. The maximum atomic E-state index is 12.2. The third-order valence-electron chi connectivity index (χ3n) is 4.63. The summed E-state index contributed by atoms with van der Waals surface area (Å²) in [6.07, 6.45) is 8.81. The van der Waals surface area contributed by atoms with Crippen LogP contribution in [0, 0.1) is 5.92 Å². The van der Waals surface area contributed by atoms with E-state index in [0.717, 1.165) is 44.7 Å². The number of nitrogens with zero attached hydrogens (tertiary/aromatic N) is 1. The van der Waals surface area contributed by atoms with Crippen molar-refractivity contribution < 1.29 is 14.7 Å². The van der Waals surface area contributed by atoms with Gasteiger partial charge < -0.3 is 15.3 Å². The molecule has 0 aromatic carbocycles. The first-order valence-corrected chi connectivity index (χ1v) is 7.93. The minimum Gasteiger partial charge on any atom is -0.481 e. The zero-order chi connectivity index (χ0) is 14.4. The van der Waals surface area contributed by atoms with Gasteiger partial charge in [0.25, 0.3) is 0 Å². The van der Waals surface area contributed by atoms with Crippen LogP contribution in [0.5, 0.6) is 0 Å². The number of amides is 2. The van der Waals surface area contributed by atoms with Gasteiger partial charge in [-0.05, 0) is 38.0 Å². The van der Waals surface area contributed by atoms with Crippen LogP contribution in [0.25, 0.3) is 0 Å². The van der Waals surface area contributed by atoms with Gasteiger partial charge in [-0.3, -0.25) is 4.79 Å². The molecule has 1 unspecified atom stereocenters. The molecular weight excluding hydrogens is 256 g/mol. The van der Waals surface area contributed by atoms with Crippen LogP contribution in [0.3, 0.4) is 0 Å². The van der Waals surface area contributed by atoms with Gasteiger partial charge in [0.2, 0.25) is 0 Å². The number of carbonyl (C=O) groups excluding carboxylic acids is 1. The van der Waals surface area contributed by atoms with Crippen molar-refractivity contribution >= 4 is 12.0 Å². The molecular formula is C15H26N2O3. The maximum Gasteiger partial charge on any atom is 0.317 e. The zero-order valence-electron chi connectivity index (χ0n) is 12.1. The molecule has 1 aliphatic heterocycles. The Kier molecular flexibility index (Phi) is 5.68. The lowest BCUT2D eigenvalue weighted by Crippen LogP contribution is -2.49. The first kappa shape index (κ1) is 15.1. The van der Waals surface area contributed by atoms with Crippen molar-refractivity contribution in [2.75, 3.05) is 13.1 Å². The second-order valence-corrected chi connectivity index (χ2v) is 6.09. The van der Waals surface area contributed by atoms with Gasteiger partial charge in [-0.1, -0.05) is 19.3 Å². The van der Waals surface area contributed by atoms with Crippen LogP contribution in [0.4, 0.5) is 4.79 Å². The molecule has 0 aromatic heterocycles. The number of hydrogen-bond donors (Lipinski definition) is 2. The van der Waals surface area contributed by atoms with Gasteiger partial charge in [0, 0.05) is 25.6 Å². The fraction of sp³-hybridized carbons (Fsp3) is 0.867. The summed E-state index contributed by atoms with van der Waals surface area (Å²) in [6, 6.07) is 0.1000. The highest BCUT2D eigenvalue weighted by Gasteiger charge is 2.27.